The predicted molar refractivity (Wildman–Crippen MR) is 76.3 cm³/mol. The number of ether oxygens (including phenoxy) is 1. The van der Waals surface area contributed by atoms with Gasteiger partial charge >= 0.3 is 0 Å². The molecule has 1 atom stereocenters. The van der Waals surface area contributed by atoms with E-state index in [9.17, 15) is 0 Å². The van der Waals surface area contributed by atoms with Crippen LogP contribution in [0.15, 0.2) is 6.07 Å². The van der Waals surface area contributed by atoms with E-state index >= 15 is 0 Å². The zero-order chi connectivity index (χ0) is 12.8. The lowest BCUT2D eigenvalue weighted by atomic mass is 10.2. The topological polar surface area (TPSA) is 59.1 Å². The first-order chi connectivity index (χ1) is 8.81. The molecule has 2 rings (SSSR count). The van der Waals surface area contributed by atoms with E-state index in [1.54, 1.807) is 7.11 Å². The van der Waals surface area contributed by atoms with E-state index in [1.807, 2.05) is 24.9 Å². The lowest BCUT2D eigenvalue weighted by Gasteiger charge is -2.12. The number of anilines is 2. The number of aromatic nitrogens is 2. The summed E-state index contributed by atoms with van der Waals surface area (Å²) in [5.41, 5.74) is 0. The molecular weight excluding hydrogens is 248 g/mol. The Balaban J connectivity index is 1.98. The van der Waals surface area contributed by atoms with Gasteiger partial charge in [0.05, 0.1) is 0 Å². The van der Waals surface area contributed by atoms with Crippen molar-refractivity contribution < 1.29 is 4.74 Å². The highest BCUT2D eigenvalue weighted by atomic mass is 32.2. The van der Waals surface area contributed by atoms with E-state index in [1.165, 1.54) is 18.6 Å². The number of hydrogen-bond donors (Lipinski definition) is 2. The van der Waals surface area contributed by atoms with Crippen LogP contribution in [0.5, 0.6) is 0 Å². The van der Waals surface area contributed by atoms with Crippen molar-refractivity contribution in [3.8, 4) is 0 Å². The lowest BCUT2D eigenvalue weighted by Crippen LogP contribution is -2.15. The molecule has 1 aromatic heterocycles. The maximum atomic E-state index is 5.08. The lowest BCUT2D eigenvalue weighted by molar-refractivity contribution is 0.178. The average Bonchev–Trinajstić information content (AvgIpc) is 2.89. The SMILES string of the molecule is CNc1cc(NCC2CCCS2)nc(COC)n1. The van der Waals surface area contributed by atoms with Crippen molar-refractivity contribution in [1.29, 1.82) is 0 Å². The summed E-state index contributed by atoms with van der Waals surface area (Å²) in [6.45, 7) is 1.40. The molecule has 0 saturated carbocycles. The number of methoxy groups -OCH3 is 1. The van der Waals surface area contributed by atoms with Gasteiger partial charge in [0, 0.05) is 32.0 Å². The fourth-order valence-corrected chi connectivity index (χ4v) is 3.13. The van der Waals surface area contributed by atoms with E-state index < -0.39 is 0 Å². The van der Waals surface area contributed by atoms with Gasteiger partial charge in [-0.05, 0) is 18.6 Å². The van der Waals surface area contributed by atoms with E-state index in [-0.39, 0.29) is 0 Å². The maximum Gasteiger partial charge on any atom is 0.158 e. The van der Waals surface area contributed by atoms with Crippen molar-refractivity contribution >= 4 is 23.4 Å². The van der Waals surface area contributed by atoms with Crippen molar-refractivity contribution in [3.05, 3.63) is 11.9 Å². The van der Waals surface area contributed by atoms with Gasteiger partial charge in [0.1, 0.15) is 18.2 Å². The third kappa shape index (κ3) is 3.74. The minimum Gasteiger partial charge on any atom is -0.377 e. The molecule has 100 valence electrons. The summed E-state index contributed by atoms with van der Waals surface area (Å²) in [5.74, 6) is 3.67. The van der Waals surface area contributed by atoms with Crippen LogP contribution in [-0.2, 0) is 11.3 Å². The van der Waals surface area contributed by atoms with Gasteiger partial charge in [-0.2, -0.15) is 11.8 Å². The van der Waals surface area contributed by atoms with E-state index in [2.05, 4.69) is 20.6 Å². The van der Waals surface area contributed by atoms with Crippen LogP contribution < -0.4 is 10.6 Å². The maximum absolute atomic E-state index is 5.08. The molecule has 0 aromatic carbocycles. The summed E-state index contributed by atoms with van der Waals surface area (Å²) in [7, 11) is 3.51. The molecule has 18 heavy (non-hydrogen) atoms. The third-order valence-corrected chi connectivity index (χ3v) is 4.24. The normalized spacial score (nSPS) is 18.9. The first-order valence-electron chi connectivity index (χ1n) is 6.22. The molecule has 0 spiro atoms. The van der Waals surface area contributed by atoms with Gasteiger partial charge in [0.15, 0.2) is 5.82 Å². The van der Waals surface area contributed by atoms with Gasteiger partial charge in [-0.25, -0.2) is 9.97 Å². The number of hydrogen-bond acceptors (Lipinski definition) is 6. The Labute approximate surface area is 112 Å². The zero-order valence-electron chi connectivity index (χ0n) is 10.9. The number of rotatable bonds is 6. The van der Waals surface area contributed by atoms with Crippen LogP contribution in [0.2, 0.25) is 0 Å². The highest BCUT2D eigenvalue weighted by Gasteiger charge is 2.15. The number of nitrogens with zero attached hydrogens (tertiary/aromatic N) is 2. The largest absolute Gasteiger partial charge is 0.377 e. The van der Waals surface area contributed by atoms with Crippen LogP contribution in [-0.4, -0.2) is 41.7 Å². The highest BCUT2D eigenvalue weighted by Crippen LogP contribution is 2.26. The molecule has 1 fully saturated rings. The quantitative estimate of drug-likeness (QED) is 0.822. The van der Waals surface area contributed by atoms with Gasteiger partial charge in [-0.3, -0.25) is 0 Å². The number of thioether (sulfide) groups is 1. The fraction of sp³-hybridized carbons (Fsp3) is 0.667. The molecule has 0 bridgehead atoms. The number of nitrogens with one attached hydrogen (secondary N) is 2. The fourth-order valence-electron chi connectivity index (χ4n) is 1.93. The molecule has 0 aliphatic carbocycles. The second-order valence-electron chi connectivity index (χ2n) is 4.25. The molecule has 0 radical (unpaired) electrons. The van der Waals surface area contributed by atoms with Gasteiger partial charge in [0.25, 0.3) is 0 Å². The van der Waals surface area contributed by atoms with E-state index in [0.29, 0.717) is 17.7 Å². The molecule has 0 amide bonds. The highest BCUT2D eigenvalue weighted by molar-refractivity contribution is 8.00. The molecule has 5 nitrogen and oxygen atoms in total. The van der Waals surface area contributed by atoms with Crippen LogP contribution in [0.1, 0.15) is 18.7 Å². The standard InChI is InChI=1S/C12H20N4OS/c1-13-10-6-11(16-12(15-10)8-17-2)14-7-9-4-3-5-18-9/h6,9H,3-5,7-8H2,1-2H3,(H2,13,14,15,16). The summed E-state index contributed by atoms with van der Waals surface area (Å²) in [4.78, 5) is 8.76. The Kier molecular flexibility index (Phi) is 5.07. The Morgan fingerprint density at radius 1 is 1.44 bits per heavy atom. The summed E-state index contributed by atoms with van der Waals surface area (Å²) in [6, 6.07) is 1.93. The summed E-state index contributed by atoms with van der Waals surface area (Å²) in [5, 5.41) is 7.15. The Morgan fingerprint density at radius 3 is 2.94 bits per heavy atom. The zero-order valence-corrected chi connectivity index (χ0v) is 11.7. The van der Waals surface area contributed by atoms with Gasteiger partial charge < -0.3 is 15.4 Å². The van der Waals surface area contributed by atoms with E-state index in [0.717, 1.165) is 18.2 Å². The van der Waals surface area contributed by atoms with Crippen molar-refractivity contribution in [1.82, 2.24) is 9.97 Å². The molecule has 1 aromatic rings. The Hall–Kier alpha value is -1.01. The first kappa shape index (κ1) is 13.4. The third-order valence-electron chi connectivity index (χ3n) is 2.84. The Bertz CT molecular complexity index is 382. The molecule has 1 aliphatic rings. The Morgan fingerprint density at radius 2 is 2.28 bits per heavy atom. The second-order valence-corrected chi connectivity index (χ2v) is 5.66. The molecule has 1 saturated heterocycles. The summed E-state index contributed by atoms with van der Waals surface area (Å²) >= 11 is 2.04. The van der Waals surface area contributed by atoms with Crippen LogP contribution in [0.4, 0.5) is 11.6 Å². The summed E-state index contributed by atoms with van der Waals surface area (Å²) in [6.07, 6.45) is 2.63. The van der Waals surface area contributed by atoms with Crippen LogP contribution in [0.3, 0.4) is 0 Å². The van der Waals surface area contributed by atoms with Crippen LogP contribution in [0.25, 0.3) is 0 Å². The minimum atomic E-state index is 0.433. The van der Waals surface area contributed by atoms with Gasteiger partial charge in [-0.15, -0.1) is 0 Å². The smallest absolute Gasteiger partial charge is 0.158 e. The molecular formula is C12H20N4OS. The molecule has 6 heteroatoms. The van der Waals surface area contributed by atoms with Crippen molar-refractivity contribution in [3.63, 3.8) is 0 Å². The van der Waals surface area contributed by atoms with Crippen LogP contribution >= 0.6 is 11.8 Å². The molecule has 1 unspecified atom stereocenters. The monoisotopic (exact) mass is 268 g/mol. The van der Waals surface area contributed by atoms with E-state index in [4.69, 9.17) is 4.74 Å². The van der Waals surface area contributed by atoms with Gasteiger partial charge in [-0.1, -0.05) is 0 Å². The van der Waals surface area contributed by atoms with Crippen molar-refractivity contribution in [2.75, 3.05) is 37.1 Å². The van der Waals surface area contributed by atoms with Crippen molar-refractivity contribution in [2.45, 2.75) is 24.7 Å². The second kappa shape index (κ2) is 6.80. The molecule has 2 N–H and O–H groups in total. The van der Waals surface area contributed by atoms with Gasteiger partial charge in [0.2, 0.25) is 0 Å². The first-order valence-corrected chi connectivity index (χ1v) is 7.27. The molecule has 1 aliphatic heterocycles. The van der Waals surface area contributed by atoms with Crippen LogP contribution in [0, 0.1) is 0 Å². The molecule has 2 heterocycles. The van der Waals surface area contributed by atoms with Crippen molar-refractivity contribution in [2.24, 2.45) is 0 Å². The average molecular weight is 268 g/mol. The predicted octanol–water partition coefficient (Wildman–Crippen LogP) is 1.97. The minimum absolute atomic E-state index is 0.433. The summed E-state index contributed by atoms with van der Waals surface area (Å²) < 4.78 is 5.08.